The molecule has 0 aliphatic heterocycles. The molecule has 0 radical (unpaired) electrons. The van der Waals surface area contributed by atoms with Crippen molar-refractivity contribution in [1.82, 2.24) is 0 Å². The van der Waals surface area contributed by atoms with Gasteiger partial charge >= 0.3 is 0 Å². The molecule has 172 valence electrons. The molecule has 0 spiro atoms. The van der Waals surface area contributed by atoms with Crippen LogP contribution in [-0.2, 0) is 0 Å². The summed E-state index contributed by atoms with van der Waals surface area (Å²) in [5.41, 5.74) is 6.45. The normalized spacial score (nSPS) is 14.8. The highest BCUT2D eigenvalue weighted by Crippen LogP contribution is 2.35. The Kier molecular flexibility index (Phi) is 17.7. The number of rotatable bonds is 19. The number of hydrogen-bond donors (Lipinski definition) is 0. The van der Waals surface area contributed by atoms with Gasteiger partial charge in [0.2, 0.25) is 0 Å². The van der Waals surface area contributed by atoms with E-state index >= 15 is 0 Å². The Balaban J connectivity index is 5.82. The topological polar surface area (TPSA) is 0 Å². The molecule has 0 saturated heterocycles. The number of unbranched alkanes of at least 4 members (excludes halogenated alkanes) is 2. The Morgan fingerprint density at radius 2 is 1.60 bits per heavy atom. The van der Waals surface area contributed by atoms with Crippen molar-refractivity contribution in [2.75, 3.05) is 0 Å². The van der Waals surface area contributed by atoms with Gasteiger partial charge in [-0.15, -0.1) is 13.2 Å². The van der Waals surface area contributed by atoms with Gasteiger partial charge in [0.15, 0.2) is 0 Å². The third kappa shape index (κ3) is 13.1. The molecule has 0 rings (SSSR count). The van der Waals surface area contributed by atoms with Gasteiger partial charge in [0.25, 0.3) is 0 Å². The molecule has 0 heterocycles. The first-order valence-corrected chi connectivity index (χ1v) is 12.7. The lowest BCUT2D eigenvalue weighted by molar-refractivity contribution is 0.439. The zero-order valence-corrected chi connectivity index (χ0v) is 21.2. The summed E-state index contributed by atoms with van der Waals surface area (Å²) in [7, 11) is 0. The van der Waals surface area contributed by atoms with E-state index < -0.39 is 0 Å². The Labute approximate surface area is 190 Å². The Hall–Kier alpha value is -1.30. The second kappa shape index (κ2) is 18.5. The van der Waals surface area contributed by atoms with E-state index in [1.165, 1.54) is 75.4 Å². The quantitative estimate of drug-likeness (QED) is 0.146. The molecule has 0 aromatic carbocycles. The Morgan fingerprint density at radius 3 is 2.17 bits per heavy atom. The van der Waals surface area contributed by atoms with E-state index in [0.717, 1.165) is 25.2 Å². The van der Waals surface area contributed by atoms with Crippen LogP contribution in [0.1, 0.15) is 118 Å². The highest BCUT2D eigenvalue weighted by molar-refractivity contribution is 5.20. The fraction of sp³-hybridized carbons (Fsp3) is 0.667. The molecule has 0 aromatic rings. The average Bonchev–Trinajstić information content (AvgIpc) is 2.76. The average molecular weight is 413 g/mol. The van der Waals surface area contributed by atoms with Gasteiger partial charge in [-0.25, -0.2) is 0 Å². The van der Waals surface area contributed by atoms with Gasteiger partial charge in [-0.1, -0.05) is 74.3 Å². The molecule has 30 heavy (non-hydrogen) atoms. The molecule has 0 nitrogen and oxygen atoms in total. The van der Waals surface area contributed by atoms with Crippen LogP contribution in [0, 0.1) is 11.8 Å². The van der Waals surface area contributed by atoms with Crippen LogP contribution in [0.15, 0.2) is 60.3 Å². The van der Waals surface area contributed by atoms with Gasteiger partial charge in [-0.05, 0) is 103 Å². The molecule has 2 unspecified atom stereocenters. The fourth-order valence-corrected chi connectivity index (χ4v) is 4.14. The van der Waals surface area contributed by atoms with E-state index in [1.54, 1.807) is 11.1 Å². The molecule has 0 saturated carbocycles. The van der Waals surface area contributed by atoms with E-state index in [1.807, 2.05) is 0 Å². The van der Waals surface area contributed by atoms with Gasteiger partial charge in [0, 0.05) is 0 Å². The van der Waals surface area contributed by atoms with Crippen molar-refractivity contribution in [3.8, 4) is 0 Å². The minimum atomic E-state index is 0.611. The van der Waals surface area contributed by atoms with Crippen molar-refractivity contribution in [2.24, 2.45) is 11.8 Å². The summed E-state index contributed by atoms with van der Waals surface area (Å²) < 4.78 is 0. The zero-order valence-electron chi connectivity index (χ0n) is 21.2. The van der Waals surface area contributed by atoms with E-state index in [2.05, 4.69) is 72.6 Å². The SMILES string of the molecule is C=CCCCCC(=C(CCC(=C)CC)CCC(C)=CC)C(CCC)CCC(C)C=C. The van der Waals surface area contributed by atoms with Crippen LogP contribution in [0.4, 0.5) is 0 Å². The van der Waals surface area contributed by atoms with Crippen LogP contribution in [-0.4, -0.2) is 0 Å². The molecule has 0 fully saturated rings. The predicted molar refractivity (Wildman–Crippen MR) is 140 cm³/mol. The van der Waals surface area contributed by atoms with Gasteiger partial charge in [-0.2, -0.15) is 0 Å². The first kappa shape index (κ1) is 28.7. The zero-order chi connectivity index (χ0) is 22.8. The molecule has 2 atom stereocenters. The highest BCUT2D eigenvalue weighted by atomic mass is 14.2. The summed E-state index contributed by atoms with van der Waals surface area (Å²) >= 11 is 0. The van der Waals surface area contributed by atoms with Crippen LogP contribution in [0.25, 0.3) is 0 Å². The summed E-state index contributed by atoms with van der Waals surface area (Å²) in [6.45, 7) is 23.6. The van der Waals surface area contributed by atoms with E-state index in [-0.39, 0.29) is 0 Å². The molecular weight excluding hydrogens is 360 g/mol. The van der Waals surface area contributed by atoms with Crippen molar-refractivity contribution in [3.63, 3.8) is 0 Å². The van der Waals surface area contributed by atoms with Crippen LogP contribution >= 0.6 is 0 Å². The standard InChI is InChI=1S/C30H52/c1-9-14-15-16-18-30(28(17-10-2)22-19-25(6)11-3)29(23-20-26(7)12-4)24-21-27(8)13-5/h9,11,13,25,28H,1,3,7,10,12,14-24H2,2,4-6,8H3. The van der Waals surface area contributed by atoms with Crippen molar-refractivity contribution in [1.29, 1.82) is 0 Å². The summed E-state index contributed by atoms with van der Waals surface area (Å²) in [6.07, 6.45) is 22.5. The second-order valence-corrected chi connectivity index (χ2v) is 9.18. The van der Waals surface area contributed by atoms with Crippen molar-refractivity contribution in [3.05, 3.63) is 60.3 Å². The smallest absolute Gasteiger partial charge is 0.0200 e. The van der Waals surface area contributed by atoms with Crippen LogP contribution < -0.4 is 0 Å². The summed E-state index contributed by atoms with van der Waals surface area (Å²) in [5.74, 6) is 1.34. The maximum Gasteiger partial charge on any atom is -0.0200 e. The van der Waals surface area contributed by atoms with E-state index in [4.69, 9.17) is 0 Å². The largest absolute Gasteiger partial charge is 0.103 e. The molecule has 0 heteroatoms. The molecule has 0 aromatic heterocycles. The third-order valence-corrected chi connectivity index (χ3v) is 6.66. The highest BCUT2D eigenvalue weighted by Gasteiger charge is 2.19. The number of hydrogen-bond acceptors (Lipinski definition) is 0. The van der Waals surface area contributed by atoms with Crippen molar-refractivity contribution in [2.45, 2.75) is 118 Å². The minimum absolute atomic E-state index is 0.611. The van der Waals surface area contributed by atoms with Crippen LogP contribution in [0.2, 0.25) is 0 Å². The third-order valence-electron chi connectivity index (χ3n) is 6.66. The van der Waals surface area contributed by atoms with Crippen LogP contribution in [0.3, 0.4) is 0 Å². The lowest BCUT2D eigenvalue weighted by Crippen LogP contribution is -2.10. The summed E-state index contributed by atoms with van der Waals surface area (Å²) in [6, 6.07) is 0. The maximum absolute atomic E-state index is 4.30. The first-order valence-electron chi connectivity index (χ1n) is 12.7. The summed E-state index contributed by atoms with van der Waals surface area (Å²) in [4.78, 5) is 0. The first-order chi connectivity index (χ1) is 14.4. The van der Waals surface area contributed by atoms with Gasteiger partial charge < -0.3 is 0 Å². The predicted octanol–water partition coefficient (Wildman–Crippen LogP) is 10.5. The lowest BCUT2D eigenvalue weighted by atomic mass is 9.80. The van der Waals surface area contributed by atoms with Gasteiger partial charge in [0.1, 0.15) is 0 Å². The van der Waals surface area contributed by atoms with Crippen LogP contribution in [0.5, 0.6) is 0 Å². The molecule has 0 aliphatic rings. The fourth-order valence-electron chi connectivity index (χ4n) is 4.14. The maximum atomic E-state index is 4.30. The molecule has 0 amide bonds. The Bertz CT molecular complexity index is 542. The van der Waals surface area contributed by atoms with E-state index in [0.29, 0.717) is 5.92 Å². The van der Waals surface area contributed by atoms with E-state index in [9.17, 15) is 0 Å². The van der Waals surface area contributed by atoms with Crippen molar-refractivity contribution < 1.29 is 0 Å². The Morgan fingerprint density at radius 1 is 0.900 bits per heavy atom. The number of allylic oxidation sites excluding steroid dienone is 7. The molecular formula is C30H52. The second-order valence-electron chi connectivity index (χ2n) is 9.18. The monoisotopic (exact) mass is 412 g/mol. The van der Waals surface area contributed by atoms with Gasteiger partial charge in [0.05, 0.1) is 0 Å². The molecule has 0 aliphatic carbocycles. The molecule has 0 bridgehead atoms. The minimum Gasteiger partial charge on any atom is -0.103 e. The lowest BCUT2D eigenvalue weighted by Gasteiger charge is -2.26. The molecule has 0 N–H and O–H groups in total. The summed E-state index contributed by atoms with van der Waals surface area (Å²) in [5, 5.41) is 0. The van der Waals surface area contributed by atoms with Crippen molar-refractivity contribution >= 4 is 0 Å². The van der Waals surface area contributed by atoms with Gasteiger partial charge in [-0.3, -0.25) is 0 Å².